The Morgan fingerprint density at radius 3 is 1.60 bits per heavy atom. The first kappa shape index (κ1) is 25.7. The number of hydrogen-bond acceptors (Lipinski definition) is 4. The van der Waals surface area contributed by atoms with Crippen LogP contribution in [0.3, 0.4) is 0 Å². The van der Waals surface area contributed by atoms with Gasteiger partial charge in [0.25, 0.3) is 0 Å². The highest BCUT2D eigenvalue weighted by Crippen LogP contribution is 2.49. The average Bonchev–Trinajstić information content (AvgIpc) is 2.71. The van der Waals surface area contributed by atoms with E-state index >= 15 is 0 Å². The molecule has 0 fully saturated rings. The minimum Gasteiger partial charge on any atom is -0.492 e. The van der Waals surface area contributed by atoms with E-state index in [2.05, 4.69) is 45.9 Å². The first-order valence-electron chi connectivity index (χ1n) is 10.6. The predicted octanol–water partition coefficient (Wildman–Crippen LogP) is 6.99. The number of methoxy groups -OCH3 is 4. The van der Waals surface area contributed by atoms with Crippen molar-refractivity contribution >= 4 is 0 Å². The summed E-state index contributed by atoms with van der Waals surface area (Å²) in [6, 6.07) is 0. The Morgan fingerprint density at radius 2 is 1.10 bits per heavy atom. The van der Waals surface area contributed by atoms with Crippen LogP contribution in [0.2, 0.25) is 0 Å². The molecule has 0 heterocycles. The topological polar surface area (TPSA) is 36.9 Å². The van der Waals surface area contributed by atoms with E-state index in [4.69, 9.17) is 18.9 Å². The van der Waals surface area contributed by atoms with Crippen molar-refractivity contribution in [3.63, 3.8) is 0 Å². The lowest BCUT2D eigenvalue weighted by Crippen LogP contribution is -2.04. The highest BCUT2D eigenvalue weighted by Gasteiger charge is 2.24. The van der Waals surface area contributed by atoms with Crippen LogP contribution in [0.15, 0.2) is 34.9 Å². The molecule has 0 atom stereocenters. The van der Waals surface area contributed by atoms with E-state index in [1.54, 1.807) is 28.4 Å². The number of allylic oxidation sites excluding steroid dienone is 6. The summed E-state index contributed by atoms with van der Waals surface area (Å²) in [4.78, 5) is 0. The monoisotopic (exact) mass is 416 g/mol. The summed E-state index contributed by atoms with van der Waals surface area (Å²) < 4.78 is 22.4. The Balaban J connectivity index is 2.94. The Morgan fingerprint density at radius 1 is 0.633 bits per heavy atom. The van der Waals surface area contributed by atoms with Crippen LogP contribution in [0.5, 0.6) is 23.0 Å². The number of benzene rings is 1. The first-order valence-corrected chi connectivity index (χ1v) is 10.6. The van der Waals surface area contributed by atoms with Crippen molar-refractivity contribution in [3.05, 3.63) is 46.1 Å². The number of rotatable bonds is 12. The molecule has 1 aromatic carbocycles. The maximum atomic E-state index is 5.69. The summed E-state index contributed by atoms with van der Waals surface area (Å²) >= 11 is 0. The first-order chi connectivity index (χ1) is 14.3. The van der Waals surface area contributed by atoms with Gasteiger partial charge in [0.2, 0.25) is 11.5 Å². The van der Waals surface area contributed by atoms with Gasteiger partial charge in [0.05, 0.1) is 28.4 Å². The van der Waals surface area contributed by atoms with Gasteiger partial charge in [0.1, 0.15) is 0 Å². The molecule has 0 aliphatic rings. The number of ether oxygens (including phenoxy) is 4. The number of hydrogen-bond donors (Lipinski definition) is 0. The third kappa shape index (κ3) is 7.16. The standard InChI is InChI=1S/C26H40O4/c1-18(2)12-10-13-19(3)14-11-15-20(4)16-17-22-21(5)23(27-6)25(29-8)26(30-9)24(22)28-7/h12,14,16H,10-11,13,15,17H2,1-9H3/b19-14-,20-16+. The van der Waals surface area contributed by atoms with Crippen molar-refractivity contribution in [2.75, 3.05) is 28.4 Å². The Hall–Kier alpha value is -2.36. The van der Waals surface area contributed by atoms with E-state index in [1.165, 1.54) is 16.7 Å². The molecule has 4 heteroatoms. The van der Waals surface area contributed by atoms with Gasteiger partial charge in [-0.25, -0.2) is 0 Å². The van der Waals surface area contributed by atoms with Crippen LogP contribution in [0.4, 0.5) is 0 Å². The molecule has 30 heavy (non-hydrogen) atoms. The molecule has 0 N–H and O–H groups in total. The van der Waals surface area contributed by atoms with E-state index in [-0.39, 0.29) is 0 Å². The minimum absolute atomic E-state index is 0.563. The zero-order chi connectivity index (χ0) is 22.7. The summed E-state index contributed by atoms with van der Waals surface area (Å²) in [7, 11) is 6.53. The Labute approximate surface area is 183 Å². The smallest absolute Gasteiger partial charge is 0.207 e. The zero-order valence-electron chi connectivity index (χ0n) is 20.4. The van der Waals surface area contributed by atoms with Crippen LogP contribution in [0, 0.1) is 6.92 Å². The minimum atomic E-state index is 0.563. The van der Waals surface area contributed by atoms with E-state index < -0.39 is 0 Å². The van der Waals surface area contributed by atoms with Gasteiger partial charge in [-0.1, -0.05) is 34.9 Å². The normalized spacial score (nSPS) is 11.9. The summed E-state index contributed by atoms with van der Waals surface area (Å²) in [6.45, 7) is 10.7. The van der Waals surface area contributed by atoms with E-state index in [0.717, 1.165) is 43.2 Å². The molecular formula is C26H40O4. The maximum Gasteiger partial charge on any atom is 0.207 e. The van der Waals surface area contributed by atoms with Crippen molar-refractivity contribution in [1.29, 1.82) is 0 Å². The maximum absolute atomic E-state index is 5.69. The van der Waals surface area contributed by atoms with Gasteiger partial charge < -0.3 is 18.9 Å². The fourth-order valence-electron chi connectivity index (χ4n) is 3.51. The van der Waals surface area contributed by atoms with Gasteiger partial charge in [-0.2, -0.15) is 0 Å². The Kier molecular flexibility index (Phi) is 11.2. The molecule has 168 valence electrons. The van der Waals surface area contributed by atoms with Crippen molar-refractivity contribution < 1.29 is 18.9 Å². The van der Waals surface area contributed by atoms with E-state index in [9.17, 15) is 0 Å². The highest BCUT2D eigenvalue weighted by molar-refractivity contribution is 5.67. The molecule has 0 aromatic heterocycles. The van der Waals surface area contributed by atoms with E-state index in [0.29, 0.717) is 23.0 Å². The average molecular weight is 417 g/mol. The van der Waals surface area contributed by atoms with Crippen LogP contribution in [0.1, 0.15) is 64.5 Å². The van der Waals surface area contributed by atoms with Crippen LogP contribution >= 0.6 is 0 Å². The fraction of sp³-hybridized carbons (Fsp3) is 0.538. The summed E-state index contributed by atoms with van der Waals surface area (Å²) in [5, 5.41) is 0. The van der Waals surface area contributed by atoms with Gasteiger partial charge in [-0.3, -0.25) is 0 Å². The lowest BCUT2D eigenvalue weighted by Gasteiger charge is -2.21. The molecule has 0 spiro atoms. The third-order valence-electron chi connectivity index (χ3n) is 5.28. The summed E-state index contributed by atoms with van der Waals surface area (Å²) in [6.07, 6.45) is 12.1. The van der Waals surface area contributed by atoms with Crippen LogP contribution < -0.4 is 18.9 Å². The van der Waals surface area contributed by atoms with Crippen molar-refractivity contribution in [2.24, 2.45) is 0 Å². The summed E-state index contributed by atoms with van der Waals surface area (Å²) in [5.41, 5.74) is 6.27. The lowest BCUT2D eigenvalue weighted by atomic mass is 9.99. The van der Waals surface area contributed by atoms with Crippen molar-refractivity contribution in [3.8, 4) is 23.0 Å². The molecule has 0 aliphatic carbocycles. The largest absolute Gasteiger partial charge is 0.492 e. The van der Waals surface area contributed by atoms with Gasteiger partial charge in [0.15, 0.2) is 11.5 Å². The zero-order valence-corrected chi connectivity index (χ0v) is 20.4. The fourth-order valence-corrected chi connectivity index (χ4v) is 3.51. The molecule has 0 unspecified atom stereocenters. The van der Waals surface area contributed by atoms with Gasteiger partial charge in [-0.15, -0.1) is 0 Å². The second kappa shape index (κ2) is 13.0. The molecule has 1 rings (SSSR count). The van der Waals surface area contributed by atoms with Crippen LogP contribution in [-0.4, -0.2) is 28.4 Å². The van der Waals surface area contributed by atoms with Crippen molar-refractivity contribution in [1.82, 2.24) is 0 Å². The lowest BCUT2D eigenvalue weighted by molar-refractivity contribution is 0.302. The molecule has 0 radical (unpaired) electrons. The van der Waals surface area contributed by atoms with Crippen LogP contribution in [0.25, 0.3) is 0 Å². The third-order valence-corrected chi connectivity index (χ3v) is 5.28. The molecule has 0 saturated carbocycles. The molecule has 4 nitrogen and oxygen atoms in total. The highest BCUT2D eigenvalue weighted by atomic mass is 16.5. The quantitative estimate of drug-likeness (QED) is 0.344. The predicted molar refractivity (Wildman–Crippen MR) is 127 cm³/mol. The Bertz CT molecular complexity index is 781. The molecule has 0 bridgehead atoms. The molecule has 0 saturated heterocycles. The van der Waals surface area contributed by atoms with Crippen molar-refractivity contribution in [2.45, 2.75) is 66.7 Å². The molecule has 1 aromatic rings. The van der Waals surface area contributed by atoms with Gasteiger partial charge >= 0.3 is 0 Å². The second-order valence-electron chi connectivity index (χ2n) is 7.90. The molecular weight excluding hydrogens is 376 g/mol. The van der Waals surface area contributed by atoms with E-state index in [1.807, 2.05) is 6.92 Å². The van der Waals surface area contributed by atoms with Gasteiger partial charge in [0, 0.05) is 11.1 Å². The molecule has 0 aliphatic heterocycles. The SMILES string of the molecule is COc1c(C)c(C/C=C(\C)CC/C=C(/C)CCC=C(C)C)c(OC)c(OC)c1OC. The second-order valence-corrected chi connectivity index (χ2v) is 7.90. The van der Waals surface area contributed by atoms with Crippen LogP contribution in [-0.2, 0) is 6.42 Å². The molecule has 0 amide bonds. The summed E-state index contributed by atoms with van der Waals surface area (Å²) in [5.74, 6) is 2.52. The van der Waals surface area contributed by atoms with Gasteiger partial charge in [-0.05, 0) is 66.7 Å².